The normalized spacial score (nSPS) is 12.1. The molecule has 0 atom stereocenters. The molecule has 13 aromatic rings. The molecule has 0 unspecified atom stereocenters. The maximum atomic E-state index is 6.80. The number of fused-ring (bicyclic) bond motifs is 13. The Hall–Kier alpha value is -7.60. The molecule has 9 aromatic carbocycles. The third-order valence-electron chi connectivity index (χ3n) is 12.0. The van der Waals surface area contributed by atoms with Crippen molar-refractivity contribution in [1.82, 2.24) is 14.5 Å². The molecular formula is C54H31N3OS. The largest absolute Gasteiger partial charge is 0.456 e. The van der Waals surface area contributed by atoms with Crippen LogP contribution in [0.2, 0.25) is 0 Å². The van der Waals surface area contributed by atoms with Crippen LogP contribution in [0.1, 0.15) is 0 Å². The summed E-state index contributed by atoms with van der Waals surface area (Å²) in [4.78, 5) is 10.7. The number of benzene rings is 9. The van der Waals surface area contributed by atoms with Gasteiger partial charge in [0.25, 0.3) is 0 Å². The summed E-state index contributed by atoms with van der Waals surface area (Å²) in [6.45, 7) is 0. The molecule has 0 aliphatic carbocycles. The molecule has 4 nitrogen and oxygen atoms in total. The lowest BCUT2D eigenvalue weighted by Crippen LogP contribution is -1.95. The van der Waals surface area contributed by atoms with Gasteiger partial charge >= 0.3 is 0 Å². The zero-order chi connectivity index (χ0) is 38.6. The molecule has 0 saturated carbocycles. The lowest BCUT2D eigenvalue weighted by atomic mass is 9.94. The van der Waals surface area contributed by atoms with Crippen molar-refractivity contribution >= 4 is 96.9 Å². The summed E-state index contributed by atoms with van der Waals surface area (Å²) >= 11 is 1.75. The molecule has 0 radical (unpaired) electrons. The highest BCUT2D eigenvalue weighted by Gasteiger charge is 2.23. The first-order chi connectivity index (χ1) is 29.3. The van der Waals surface area contributed by atoms with Crippen LogP contribution in [0.15, 0.2) is 192 Å². The first-order valence-electron chi connectivity index (χ1n) is 19.9. The topological polar surface area (TPSA) is 43.9 Å². The van der Waals surface area contributed by atoms with Crippen LogP contribution in [-0.4, -0.2) is 14.5 Å². The zero-order valence-corrected chi connectivity index (χ0v) is 32.4. The molecule has 0 amide bonds. The second-order valence-corrected chi connectivity index (χ2v) is 16.3. The van der Waals surface area contributed by atoms with Crippen LogP contribution in [0.4, 0.5) is 0 Å². The predicted molar refractivity (Wildman–Crippen MR) is 248 cm³/mol. The van der Waals surface area contributed by atoms with Gasteiger partial charge in [0, 0.05) is 54.5 Å². The second kappa shape index (κ2) is 12.4. The monoisotopic (exact) mass is 769 g/mol. The number of thiophene rings is 1. The highest BCUT2D eigenvalue weighted by Crippen LogP contribution is 2.46. The lowest BCUT2D eigenvalue weighted by molar-refractivity contribution is 0.668. The summed E-state index contributed by atoms with van der Waals surface area (Å²) < 4.78 is 11.5. The number of furan rings is 1. The minimum atomic E-state index is 0.687. The van der Waals surface area contributed by atoms with Gasteiger partial charge in [0.1, 0.15) is 11.2 Å². The van der Waals surface area contributed by atoms with E-state index in [1.807, 2.05) is 6.07 Å². The number of hydrogen-bond acceptors (Lipinski definition) is 4. The molecule has 4 aromatic heterocycles. The van der Waals surface area contributed by atoms with Crippen molar-refractivity contribution in [2.24, 2.45) is 0 Å². The first-order valence-corrected chi connectivity index (χ1v) is 20.7. The van der Waals surface area contributed by atoms with E-state index in [0.717, 1.165) is 71.1 Å². The van der Waals surface area contributed by atoms with Gasteiger partial charge in [-0.1, -0.05) is 146 Å². The Morgan fingerprint density at radius 3 is 2.00 bits per heavy atom. The quantitative estimate of drug-likeness (QED) is 0.179. The van der Waals surface area contributed by atoms with Crippen molar-refractivity contribution < 1.29 is 4.42 Å². The van der Waals surface area contributed by atoms with Gasteiger partial charge in [0.05, 0.1) is 26.9 Å². The van der Waals surface area contributed by atoms with E-state index in [-0.39, 0.29) is 0 Å². The SMILES string of the molecule is c1ccc(-c2cc3c(c4ccccc24)c2c4ccccc4ccc2n3-c2ccc3c(c2)oc2cccc(-c4nc(-c5ccccc5)c5sc6ccccc6c5n4)c23)cc1. The highest BCUT2D eigenvalue weighted by atomic mass is 32.1. The van der Waals surface area contributed by atoms with Gasteiger partial charge in [0.15, 0.2) is 5.82 Å². The van der Waals surface area contributed by atoms with E-state index in [1.54, 1.807) is 11.3 Å². The molecule has 0 aliphatic heterocycles. The van der Waals surface area contributed by atoms with E-state index in [1.165, 1.54) is 48.1 Å². The Labute approximate surface area is 341 Å². The Morgan fingerprint density at radius 2 is 1.15 bits per heavy atom. The van der Waals surface area contributed by atoms with Crippen LogP contribution >= 0.6 is 11.3 Å². The van der Waals surface area contributed by atoms with Crippen molar-refractivity contribution in [3.8, 4) is 39.5 Å². The molecule has 59 heavy (non-hydrogen) atoms. The average Bonchev–Trinajstić information content (AvgIpc) is 3.98. The van der Waals surface area contributed by atoms with E-state index >= 15 is 0 Å². The van der Waals surface area contributed by atoms with Gasteiger partial charge in [0.2, 0.25) is 0 Å². The van der Waals surface area contributed by atoms with Crippen molar-refractivity contribution in [3.63, 3.8) is 0 Å². The van der Waals surface area contributed by atoms with Crippen molar-refractivity contribution in [2.45, 2.75) is 0 Å². The number of aromatic nitrogens is 3. The molecule has 13 rings (SSSR count). The third-order valence-corrected chi connectivity index (χ3v) is 13.2. The number of hydrogen-bond donors (Lipinski definition) is 0. The molecule has 0 fully saturated rings. The van der Waals surface area contributed by atoms with Crippen LogP contribution in [0.3, 0.4) is 0 Å². The van der Waals surface area contributed by atoms with Crippen LogP contribution in [0.5, 0.6) is 0 Å². The fourth-order valence-electron chi connectivity index (χ4n) is 9.42. The van der Waals surface area contributed by atoms with Crippen molar-refractivity contribution in [2.75, 3.05) is 0 Å². The van der Waals surface area contributed by atoms with Crippen LogP contribution < -0.4 is 0 Å². The first kappa shape index (κ1) is 32.5. The molecule has 5 heteroatoms. The molecule has 0 bridgehead atoms. The maximum absolute atomic E-state index is 6.80. The molecule has 0 aliphatic rings. The Morgan fingerprint density at radius 1 is 0.441 bits per heavy atom. The van der Waals surface area contributed by atoms with E-state index < -0.39 is 0 Å². The van der Waals surface area contributed by atoms with E-state index in [0.29, 0.717) is 5.82 Å². The van der Waals surface area contributed by atoms with E-state index in [9.17, 15) is 0 Å². The van der Waals surface area contributed by atoms with Gasteiger partial charge in [-0.25, -0.2) is 9.97 Å². The number of rotatable bonds is 4. The van der Waals surface area contributed by atoms with Gasteiger partial charge in [-0.15, -0.1) is 11.3 Å². The van der Waals surface area contributed by atoms with Gasteiger partial charge in [-0.2, -0.15) is 0 Å². The molecule has 0 saturated heterocycles. The van der Waals surface area contributed by atoms with Crippen molar-refractivity contribution in [1.29, 1.82) is 0 Å². The molecule has 0 spiro atoms. The Balaban J connectivity index is 1.08. The molecule has 0 N–H and O–H groups in total. The second-order valence-electron chi connectivity index (χ2n) is 15.2. The van der Waals surface area contributed by atoms with E-state index in [2.05, 4.69) is 187 Å². The smallest absolute Gasteiger partial charge is 0.161 e. The summed E-state index contributed by atoms with van der Waals surface area (Å²) in [6, 6.07) is 67.1. The summed E-state index contributed by atoms with van der Waals surface area (Å²) in [6.07, 6.45) is 0. The van der Waals surface area contributed by atoms with Crippen molar-refractivity contribution in [3.05, 3.63) is 188 Å². The minimum Gasteiger partial charge on any atom is -0.456 e. The summed E-state index contributed by atoms with van der Waals surface area (Å²) in [5, 5.41) is 10.6. The fourth-order valence-corrected chi connectivity index (χ4v) is 10.6. The molecular weight excluding hydrogens is 739 g/mol. The maximum Gasteiger partial charge on any atom is 0.161 e. The van der Waals surface area contributed by atoms with Crippen LogP contribution in [-0.2, 0) is 0 Å². The third kappa shape index (κ3) is 4.77. The van der Waals surface area contributed by atoms with Gasteiger partial charge < -0.3 is 8.98 Å². The molecule has 274 valence electrons. The molecule has 4 heterocycles. The van der Waals surface area contributed by atoms with Crippen LogP contribution in [0, 0.1) is 0 Å². The standard InChI is InChI=1S/C54H31N3OS/c1-3-14-32(15-4-1)42-31-44-50(38-21-10-9-20-37(38)42)49-36-19-8-7-16-33(36)26-29-43(49)57(44)35-27-28-39-46(30-35)58-45-24-13-23-41(48(39)45)54-55-51(34-17-5-2-6-18-34)53-52(56-54)40-22-11-12-25-47(40)59-53/h1-31H. The lowest BCUT2D eigenvalue weighted by Gasteiger charge is -2.12. The summed E-state index contributed by atoms with van der Waals surface area (Å²) in [7, 11) is 0. The Kier molecular flexibility index (Phi) is 6.85. The zero-order valence-electron chi connectivity index (χ0n) is 31.6. The van der Waals surface area contributed by atoms with Gasteiger partial charge in [-0.05, 0) is 69.1 Å². The van der Waals surface area contributed by atoms with E-state index in [4.69, 9.17) is 14.4 Å². The average molecular weight is 770 g/mol. The highest BCUT2D eigenvalue weighted by molar-refractivity contribution is 7.26. The summed E-state index contributed by atoms with van der Waals surface area (Å²) in [5.41, 5.74) is 11.3. The number of nitrogens with zero attached hydrogens (tertiary/aromatic N) is 3. The van der Waals surface area contributed by atoms with Crippen LogP contribution in [0.25, 0.3) is 125 Å². The Bertz CT molecular complexity index is 3840. The fraction of sp³-hybridized carbons (Fsp3) is 0. The predicted octanol–water partition coefficient (Wildman–Crippen LogP) is 15.1. The minimum absolute atomic E-state index is 0.687. The summed E-state index contributed by atoms with van der Waals surface area (Å²) in [5.74, 6) is 0.687. The van der Waals surface area contributed by atoms with Gasteiger partial charge in [-0.3, -0.25) is 0 Å².